The molecule has 4 aromatic rings. The van der Waals surface area contributed by atoms with Gasteiger partial charge in [-0.1, -0.05) is 79.4 Å². The predicted octanol–water partition coefficient (Wildman–Crippen LogP) is 8.23. The molecule has 1 unspecified atom stereocenters. The first-order valence-corrected chi connectivity index (χ1v) is 14.2. The Hall–Kier alpha value is -3.35. The van der Waals surface area contributed by atoms with E-state index in [0.717, 1.165) is 45.2 Å². The van der Waals surface area contributed by atoms with Crippen LogP contribution in [-0.4, -0.2) is 22.9 Å². The Morgan fingerprint density at radius 3 is 2.29 bits per heavy atom. The number of nitrogens with zero attached hydrogens (tertiary/aromatic N) is 1. The van der Waals surface area contributed by atoms with Gasteiger partial charge in [-0.2, -0.15) is 0 Å². The molecule has 1 atom stereocenters. The first-order chi connectivity index (χ1) is 18.5. The van der Waals surface area contributed by atoms with Gasteiger partial charge in [0.2, 0.25) is 12.1 Å². The summed E-state index contributed by atoms with van der Waals surface area (Å²) in [6.45, 7) is 1.57. The van der Waals surface area contributed by atoms with E-state index in [1.54, 1.807) is 24.8 Å². The molecule has 1 aliphatic rings. The lowest BCUT2D eigenvalue weighted by Crippen LogP contribution is -2.11. The number of carbonyl (C=O) groups is 1. The van der Waals surface area contributed by atoms with Crippen molar-refractivity contribution in [2.24, 2.45) is 11.1 Å². The molecule has 196 valence electrons. The van der Waals surface area contributed by atoms with Gasteiger partial charge in [0.05, 0.1) is 5.71 Å². The van der Waals surface area contributed by atoms with E-state index in [-0.39, 0.29) is 5.78 Å². The van der Waals surface area contributed by atoms with Gasteiger partial charge < -0.3 is 14.4 Å². The Balaban J connectivity index is 1.23. The fourth-order valence-electron chi connectivity index (χ4n) is 4.96. The number of furan rings is 1. The highest BCUT2D eigenvalue weighted by Gasteiger charge is 2.17. The zero-order valence-electron chi connectivity index (χ0n) is 21.6. The van der Waals surface area contributed by atoms with Crippen LogP contribution in [0.4, 0.5) is 0 Å². The highest BCUT2D eigenvalue weighted by molar-refractivity contribution is 7.99. The molecule has 0 radical (unpaired) electrons. The molecule has 0 amide bonds. The molecule has 0 spiro atoms. The second-order valence-electron chi connectivity index (χ2n) is 9.91. The second-order valence-corrected chi connectivity index (χ2v) is 11.1. The third-order valence-corrected chi connectivity index (χ3v) is 8.03. The quantitative estimate of drug-likeness (QED) is 0.0973. The lowest BCUT2D eigenvalue weighted by Gasteiger charge is -2.21. The van der Waals surface area contributed by atoms with Crippen molar-refractivity contribution in [3.8, 4) is 0 Å². The Morgan fingerprint density at radius 1 is 0.974 bits per heavy atom. The summed E-state index contributed by atoms with van der Waals surface area (Å²) in [6.07, 6.45) is 7.58. The summed E-state index contributed by atoms with van der Waals surface area (Å²) < 4.78 is 5.74. The van der Waals surface area contributed by atoms with Crippen molar-refractivity contribution in [2.45, 2.75) is 68.0 Å². The summed E-state index contributed by atoms with van der Waals surface area (Å²) in [5, 5.41) is 14.8. The van der Waals surface area contributed by atoms with Crippen molar-refractivity contribution in [3.05, 3.63) is 95.7 Å². The molecule has 1 aliphatic carbocycles. The number of fused-ring (bicyclic) bond motifs is 1. The fourth-order valence-corrected chi connectivity index (χ4v) is 5.78. The van der Waals surface area contributed by atoms with Gasteiger partial charge in [0.25, 0.3) is 0 Å². The molecule has 5 rings (SSSR count). The normalized spacial score (nSPS) is 15.5. The van der Waals surface area contributed by atoms with E-state index < -0.39 is 6.29 Å². The van der Waals surface area contributed by atoms with Gasteiger partial charge in [0, 0.05) is 27.7 Å². The summed E-state index contributed by atoms with van der Waals surface area (Å²) in [7, 11) is 0. The molecule has 1 saturated carbocycles. The van der Waals surface area contributed by atoms with Crippen LogP contribution in [-0.2, 0) is 4.84 Å². The molecule has 0 aliphatic heterocycles. The second kappa shape index (κ2) is 12.5. The Kier molecular flexibility index (Phi) is 8.61. The van der Waals surface area contributed by atoms with Crippen LogP contribution in [0.5, 0.6) is 0 Å². The zero-order valence-corrected chi connectivity index (χ0v) is 22.5. The van der Waals surface area contributed by atoms with Gasteiger partial charge in [-0.25, -0.2) is 0 Å². The number of aliphatic hydroxyl groups excluding tert-OH is 1. The fraction of sp³-hybridized carbons (Fsp3) is 0.312. The third kappa shape index (κ3) is 6.74. The summed E-state index contributed by atoms with van der Waals surface area (Å²) in [5.74, 6) is 0.973. The van der Waals surface area contributed by atoms with Crippen LogP contribution in [0.15, 0.2) is 98.2 Å². The topological polar surface area (TPSA) is 72.0 Å². The average molecular weight is 528 g/mol. The minimum absolute atomic E-state index is 0.124. The average Bonchev–Trinajstić information content (AvgIpc) is 3.39. The molecular formula is C32H33NO4S. The summed E-state index contributed by atoms with van der Waals surface area (Å²) in [4.78, 5) is 20.2. The van der Waals surface area contributed by atoms with Crippen LogP contribution < -0.4 is 0 Å². The van der Waals surface area contributed by atoms with Gasteiger partial charge in [-0.05, 0) is 72.9 Å². The summed E-state index contributed by atoms with van der Waals surface area (Å²) in [6, 6.07) is 25.3. The smallest absolute Gasteiger partial charge is 0.228 e. The maximum Gasteiger partial charge on any atom is 0.228 e. The lowest BCUT2D eigenvalue weighted by molar-refractivity contribution is -0.0838. The van der Waals surface area contributed by atoms with Crippen molar-refractivity contribution in [2.75, 3.05) is 0 Å². The van der Waals surface area contributed by atoms with E-state index in [1.807, 2.05) is 48.5 Å². The number of hydrogen-bond donors (Lipinski definition) is 1. The molecule has 6 heteroatoms. The van der Waals surface area contributed by atoms with E-state index in [0.29, 0.717) is 16.9 Å². The molecule has 0 bridgehead atoms. The van der Waals surface area contributed by atoms with E-state index >= 15 is 0 Å². The number of ketones is 1. The molecule has 1 N–H and O–H groups in total. The van der Waals surface area contributed by atoms with Gasteiger partial charge in [0.15, 0.2) is 5.76 Å². The Labute approximate surface area is 227 Å². The maximum atomic E-state index is 12.9. The molecule has 1 heterocycles. The van der Waals surface area contributed by atoms with Crippen LogP contribution in [0.25, 0.3) is 11.0 Å². The maximum absolute atomic E-state index is 12.9. The minimum atomic E-state index is -0.934. The van der Waals surface area contributed by atoms with Crippen molar-refractivity contribution in [3.63, 3.8) is 0 Å². The van der Waals surface area contributed by atoms with Crippen molar-refractivity contribution in [1.29, 1.82) is 0 Å². The Morgan fingerprint density at radius 2 is 1.63 bits per heavy atom. The summed E-state index contributed by atoms with van der Waals surface area (Å²) >= 11 is 1.64. The van der Waals surface area contributed by atoms with Crippen LogP contribution in [0.3, 0.4) is 0 Å². The molecule has 38 heavy (non-hydrogen) atoms. The molecular weight excluding hydrogens is 494 g/mol. The van der Waals surface area contributed by atoms with Crippen LogP contribution >= 0.6 is 11.8 Å². The standard InChI is InChI=1S/C32H33NO4S/c1-22(34)37-33-29(20-11-23-7-3-2-4-8-23)24-12-16-27(17-13-24)38-28-18-14-25(15-19-28)32(35)31-21-26-9-5-6-10-30(26)36-31/h5-6,9-10,12-19,21-23,34H,2-4,7-8,11,20H2,1H3/b33-29+. The summed E-state index contributed by atoms with van der Waals surface area (Å²) in [5.41, 5.74) is 3.20. The van der Waals surface area contributed by atoms with Crippen LogP contribution in [0.2, 0.25) is 0 Å². The van der Waals surface area contributed by atoms with Crippen LogP contribution in [0.1, 0.15) is 73.6 Å². The number of benzene rings is 3. The lowest BCUT2D eigenvalue weighted by atomic mass is 9.85. The molecule has 1 fully saturated rings. The van der Waals surface area contributed by atoms with Gasteiger partial charge in [-0.3, -0.25) is 4.79 Å². The largest absolute Gasteiger partial charge is 0.453 e. The highest BCUT2D eigenvalue weighted by atomic mass is 32.2. The van der Waals surface area contributed by atoms with Crippen molar-refractivity contribution < 1.29 is 19.2 Å². The number of hydrogen-bond acceptors (Lipinski definition) is 6. The van der Waals surface area contributed by atoms with Crippen molar-refractivity contribution >= 4 is 34.2 Å². The number of oxime groups is 1. The third-order valence-electron chi connectivity index (χ3n) is 7.02. The van der Waals surface area contributed by atoms with E-state index in [1.165, 1.54) is 32.1 Å². The van der Waals surface area contributed by atoms with Gasteiger partial charge in [-0.15, -0.1) is 0 Å². The molecule has 0 saturated heterocycles. The molecule has 5 nitrogen and oxygen atoms in total. The van der Waals surface area contributed by atoms with Crippen molar-refractivity contribution in [1.82, 2.24) is 0 Å². The highest BCUT2D eigenvalue weighted by Crippen LogP contribution is 2.31. The number of rotatable bonds is 10. The first-order valence-electron chi connectivity index (χ1n) is 13.4. The van der Waals surface area contributed by atoms with E-state index in [4.69, 9.17) is 9.25 Å². The first kappa shape index (κ1) is 26.3. The zero-order chi connectivity index (χ0) is 26.3. The SMILES string of the molecule is CC(O)O/N=C(\CCC1CCCCC1)c1ccc(Sc2ccc(C(=O)c3cc4ccccc4o3)cc2)cc1. The number of aliphatic hydroxyl groups is 1. The van der Waals surface area contributed by atoms with E-state index in [2.05, 4.69) is 29.4 Å². The predicted molar refractivity (Wildman–Crippen MR) is 152 cm³/mol. The van der Waals surface area contributed by atoms with Gasteiger partial charge >= 0.3 is 0 Å². The number of para-hydroxylation sites is 1. The van der Waals surface area contributed by atoms with Crippen LogP contribution in [0, 0.1) is 5.92 Å². The number of carbonyl (C=O) groups excluding carboxylic acids is 1. The van der Waals surface area contributed by atoms with Gasteiger partial charge in [0.1, 0.15) is 5.58 Å². The Bertz CT molecular complexity index is 1350. The molecule has 3 aromatic carbocycles. The minimum Gasteiger partial charge on any atom is -0.453 e. The molecule has 1 aromatic heterocycles. The van der Waals surface area contributed by atoms with E-state index in [9.17, 15) is 9.90 Å². The monoisotopic (exact) mass is 527 g/mol.